The molecule has 0 bridgehead atoms. The molecule has 4 nitrogen and oxygen atoms in total. The van der Waals surface area contributed by atoms with Gasteiger partial charge in [-0.1, -0.05) is 18.2 Å². The Kier molecular flexibility index (Phi) is 1.92. The Morgan fingerprint density at radius 3 is 2.82 bits per heavy atom. The highest BCUT2D eigenvalue weighted by Crippen LogP contribution is 2.26. The molecule has 0 aliphatic carbocycles. The molecule has 17 heavy (non-hydrogen) atoms. The van der Waals surface area contributed by atoms with Crippen LogP contribution in [0.1, 0.15) is 10.4 Å². The van der Waals surface area contributed by atoms with Crippen molar-refractivity contribution in [1.82, 2.24) is 9.55 Å². The Bertz CT molecular complexity index is 744. The van der Waals surface area contributed by atoms with E-state index in [9.17, 15) is 4.79 Å². The maximum absolute atomic E-state index is 10.9. The van der Waals surface area contributed by atoms with Crippen LogP contribution in [-0.4, -0.2) is 20.6 Å². The van der Waals surface area contributed by atoms with Gasteiger partial charge in [0.05, 0.1) is 11.1 Å². The molecule has 1 N–H and O–H groups in total. The number of carboxylic acids is 1. The maximum atomic E-state index is 10.9. The molecule has 3 rings (SSSR count). The van der Waals surface area contributed by atoms with E-state index >= 15 is 0 Å². The van der Waals surface area contributed by atoms with E-state index < -0.39 is 5.97 Å². The van der Waals surface area contributed by atoms with Crippen molar-refractivity contribution >= 4 is 27.9 Å². The molecule has 2 aromatic heterocycles. The molecule has 0 radical (unpaired) electrons. The molecule has 4 heteroatoms. The van der Waals surface area contributed by atoms with Crippen LogP contribution in [0.5, 0.6) is 0 Å². The monoisotopic (exact) mass is 226 g/mol. The van der Waals surface area contributed by atoms with Gasteiger partial charge in [-0.3, -0.25) is 0 Å². The summed E-state index contributed by atoms with van der Waals surface area (Å²) in [5.74, 6) is -0.952. The summed E-state index contributed by atoms with van der Waals surface area (Å²) < 4.78 is 1.97. The number of para-hydroxylation sites is 1. The number of rotatable bonds is 1. The van der Waals surface area contributed by atoms with Crippen molar-refractivity contribution in [2.45, 2.75) is 0 Å². The molecule has 0 saturated heterocycles. The third-order valence-corrected chi connectivity index (χ3v) is 2.99. The van der Waals surface area contributed by atoms with Crippen molar-refractivity contribution in [2.24, 2.45) is 7.05 Å². The topological polar surface area (TPSA) is 55.1 Å². The lowest BCUT2D eigenvalue weighted by atomic mass is 10.1. The summed E-state index contributed by atoms with van der Waals surface area (Å²) in [6.07, 6.45) is 1.39. The van der Waals surface area contributed by atoms with Crippen LogP contribution in [-0.2, 0) is 7.05 Å². The highest BCUT2D eigenvalue weighted by Gasteiger charge is 2.11. The van der Waals surface area contributed by atoms with Crippen LogP contribution < -0.4 is 0 Å². The molecule has 3 aromatic rings. The average Bonchev–Trinajstić information content (AvgIpc) is 2.64. The van der Waals surface area contributed by atoms with Crippen LogP contribution in [0.3, 0.4) is 0 Å². The van der Waals surface area contributed by atoms with Gasteiger partial charge in [-0.25, -0.2) is 9.78 Å². The second-order valence-electron chi connectivity index (χ2n) is 3.98. The smallest absolute Gasteiger partial charge is 0.337 e. The Labute approximate surface area is 97.1 Å². The first kappa shape index (κ1) is 9.84. The number of hydrogen-bond donors (Lipinski definition) is 1. The van der Waals surface area contributed by atoms with Gasteiger partial charge in [-0.05, 0) is 12.1 Å². The lowest BCUT2D eigenvalue weighted by molar-refractivity contribution is 0.0696. The summed E-state index contributed by atoms with van der Waals surface area (Å²) in [6.45, 7) is 0. The summed E-state index contributed by atoms with van der Waals surface area (Å²) in [5.41, 5.74) is 2.07. The Morgan fingerprint density at radius 2 is 2.06 bits per heavy atom. The molecule has 0 fully saturated rings. The fourth-order valence-corrected chi connectivity index (χ4v) is 2.15. The van der Waals surface area contributed by atoms with E-state index in [0.717, 1.165) is 21.9 Å². The number of benzene rings is 1. The third-order valence-electron chi connectivity index (χ3n) is 2.99. The lowest BCUT2D eigenvalue weighted by Gasteiger charge is -1.97. The van der Waals surface area contributed by atoms with Gasteiger partial charge in [0.2, 0.25) is 0 Å². The summed E-state index contributed by atoms with van der Waals surface area (Å²) in [4.78, 5) is 15.2. The lowest BCUT2D eigenvalue weighted by Crippen LogP contribution is -1.97. The largest absolute Gasteiger partial charge is 0.478 e. The highest BCUT2D eigenvalue weighted by molar-refractivity contribution is 6.08. The number of carboxylic acid groups (broad SMARTS) is 1. The van der Waals surface area contributed by atoms with E-state index in [-0.39, 0.29) is 5.56 Å². The van der Waals surface area contributed by atoms with Gasteiger partial charge in [-0.15, -0.1) is 0 Å². The number of hydrogen-bond acceptors (Lipinski definition) is 2. The van der Waals surface area contributed by atoms with Crippen molar-refractivity contribution in [1.29, 1.82) is 0 Å². The zero-order valence-corrected chi connectivity index (χ0v) is 9.21. The van der Waals surface area contributed by atoms with E-state index in [0.29, 0.717) is 0 Å². The second-order valence-corrected chi connectivity index (χ2v) is 3.98. The number of aromatic carboxylic acids is 1. The zero-order chi connectivity index (χ0) is 12.0. The first-order valence-corrected chi connectivity index (χ1v) is 5.25. The van der Waals surface area contributed by atoms with Crippen LogP contribution in [0, 0.1) is 0 Å². The molecular formula is C13H10N2O2. The summed E-state index contributed by atoms with van der Waals surface area (Å²) in [6, 6.07) is 9.55. The number of carbonyl (C=O) groups is 1. The van der Waals surface area contributed by atoms with E-state index in [1.807, 2.05) is 35.9 Å². The fraction of sp³-hybridized carbons (Fsp3) is 0.0769. The Morgan fingerprint density at radius 1 is 1.29 bits per heavy atom. The van der Waals surface area contributed by atoms with Gasteiger partial charge in [-0.2, -0.15) is 0 Å². The van der Waals surface area contributed by atoms with Gasteiger partial charge in [0.1, 0.15) is 5.65 Å². The standard InChI is InChI=1S/C13H10N2O2/c1-15-11-5-3-2-4-9(11)10-6-8(13(16)17)7-14-12(10)15/h2-7H,1H3,(H,16,17). The van der Waals surface area contributed by atoms with Crippen LogP contribution >= 0.6 is 0 Å². The average molecular weight is 226 g/mol. The molecule has 84 valence electrons. The normalized spacial score (nSPS) is 11.1. The molecule has 0 spiro atoms. The first-order chi connectivity index (χ1) is 8.18. The Balaban J connectivity index is 2.50. The Hall–Kier alpha value is -2.36. The fourth-order valence-electron chi connectivity index (χ4n) is 2.15. The third kappa shape index (κ3) is 1.30. The number of fused-ring (bicyclic) bond motifs is 3. The molecular weight excluding hydrogens is 216 g/mol. The van der Waals surface area contributed by atoms with E-state index in [1.165, 1.54) is 6.20 Å². The van der Waals surface area contributed by atoms with E-state index in [4.69, 9.17) is 5.11 Å². The van der Waals surface area contributed by atoms with Crippen molar-refractivity contribution in [3.63, 3.8) is 0 Å². The SMILES string of the molecule is Cn1c2ccccc2c2cc(C(=O)O)cnc21. The van der Waals surface area contributed by atoms with Crippen LogP contribution in [0.25, 0.3) is 21.9 Å². The zero-order valence-electron chi connectivity index (χ0n) is 9.21. The molecule has 0 aliphatic rings. The molecule has 0 aliphatic heterocycles. The minimum atomic E-state index is -0.952. The highest BCUT2D eigenvalue weighted by atomic mass is 16.4. The number of pyridine rings is 1. The predicted molar refractivity (Wildman–Crippen MR) is 65.2 cm³/mol. The minimum absolute atomic E-state index is 0.217. The van der Waals surface area contributed by atoms with Crippen molar-refractivity contribution in [2.75, 3.05) is 0 Å². The number of aromatic nitrogens is 2. The van der Waals surface area contributed by atoms with Crippen molar-refractivity contribution in [3.8, 4) is 0 Å². The van der Waals surface area contributed by atoms with Crippen molar-refractivity contribution in [3.05, 3.63) is 42.1 Å². The quantitative estimate of drug-likeness (QED) is 0.693. The number of nitrogens with zero attached hydrogens (tertiary/aromatic N) is 2. The van der Waals surface area contributed by atoms with Gasteiger partial charge in [0.25, 0.3) is 0 Å². The predicted octanol–water partition coefficient (Wildman–Crippen LogP) is 2.42. The van der Waals surface area contributed by atoms with Gasteiger partial charge < -0.3 is 9.67 Å². The maximum Gasteiger partial charge on any atom is 0.337 e. The second kappa shape index (κ2) is 3.31. The first-order valence-electron chi connectivity index (χ1n) is 5.25. The van der Waals surface area contributed by atoms with Crippen LogP contribution in [0.15, 0.2) is 36.5 Å². The molecule has 0 unspecified atom stereocenters. The van der Waals surface area contributed by atoms with Gasteiger partial charge in [0, 0.05) is 24.0 Å². The van der Waals surface area contributed by atoms with Crippen molar-refractivity contribution < 1.29 is 9.90 Å². The summed E-state index contributed by atoms with van der Waals surface area (Å²) in [7, 11) is 1.93. The summed E-state index contributed by atoms with van der Waals surface area (Å²) >= 11 is 0. The molecule has 0 saturated carbocycles. The van der Waals surface area contributed by atoms with Gasteiger partial charge >= 0.3 is 5.97 Å². The molecule has 0 atom stereocenters. The van der Waals surface area contributed by atoms with Crippen LogP contribution in [0.4, 0.5) is 0 Å². The number of aryl methyl sites for hydroxylation is 1. The molecule has 2 heterocycles. The minimum Gasteiger partial charge on any atom is -0.478 e. The van der Waals surface area contributed by atoms with Gasteiger partial charge in [0.15, 0.2) is 0 Å². The molecule has 0 amide bonds. The molecule has 1 aromatic carbocycles. The van der Waals surface area contributed by atoms with Crippen LogP contribution in [0.2, 0.25) is 0 Å². The van der Waals surface area contributed by atoms with E-state index in [1.54, 1.807) is 6.07 Å². The summed E-state index contributed by atoms with van der Waals surface area (Å²) in [5, 5.41) is 10.9. The van der Waals surface area contributed by atoms with E-state index in [2.05, 4.69) is 4.98 Å².